The van der Waals surface area contributed by atoms with Crippen molar-refractivity contribution >= 4 is 10.9 Å². The summed E-state index contributed by atoms with van der Waals surface area (Å²) in [4.78, 5) is 0. The van der Waals surface area contributed by atoms with Crippen molar-refractivity contribution in [2.75, 3.05) is 0 Å². The van der Waals surface area contributed by atoms with Crippen molar-refractivity contribution < 1.29 is 0 Å². The molecule has 0 radical (unpaired) electrons. The summed E-state index contributed by atoms with van der Waals surface area (Å²) in [6.45, 7) is 13.6. The predicted octanol–water partition coefficient (Wildman–Crippen LogP) is 4.45. The molecule has 0 unspecified atom stereocenters. The van der Waals surface area contributed by atoms with Gasteiger partial charge in [-0.15, -0.1) is 0 Å². The van der Waals surface area contributed by atoms with Crippen LogP contribution in [0.1, 0.15) is 52.7 Å². The molecule has 98 valence electrons. The molecule has 1 heterocycles. The molecule has 0 spiro atoms. The lowest BCUT2D eigenvalue weighted by Gasteiger charge is -2.23. The van der Waals surface area contributed by atoms with Crippen LogP contribution < -0.4 is 0 Å². The fourth-order valence-electron chi connectivity index (χ4n) is 2.45. The number of nitrogens with zero attached hydrogens (tertiary/aromatic N) is 1. The first kappa shape index (κ1) is 13.1. The van der Waals surface area contributed by atoms with Crippen LogP contribution in [0.2, 0.25) is 0 Å². The molecule has 0 fully saturated rings. The van der Waals surface area contributed by atoms with Gasteiger partial charge < -0.3 is 0 Å². The third kappa shape index (κ3) is 2.74. The highest BCUT2D eigenvalue weighted by atomic mass is 15.1. The Balaban J connectivity index is 2.58. The predicted molar refractivity (Wildman–Crippen MR) is 78.0 cm³/mol. The van der Waals surface area contributed by atoms with Crippen LogP contribution in [0.4, 0.5) is 0 Å². The average molecular weight is 244 g/mol. The fourth-order valence-corrected chi connectivity index (χ4v) is 2.45. The second-order valence-electron chi connectivity index (χ2n) is 7.46. The first-order valence-electron chi connectivity index (χ1n) is 6.63. The second kappa shape index (κ2) is 4.11. The van der Waals surface area contributed by atoms with Crippen molar-refractivity contribution in [2.24, 2.45) is 5.41 Å². The summed E-state index contributed by atoms with van der Waals surface area (Å²) in [5.74, 6) is 0. The van der Waals surface area contributed by atoms with E-state index in [2.05, 4.69) is 63.9 Å². The number of fused-ring (bicyclic) bond motifs is 1. The molecule has 0 aliphatic heterocycles. The van der Waals surface area contributed by atoms with Crippen molar-refractivity contribution in [3.05, 3.63) is 29.5 Å². The molecule has 0 amide bonds. The monoisotopic (exact) mass is 244 g/mol. The first-order chi connectivity index (χ1) is 8.17. The highest BCUT2D eigenvalue weighted by Crippen LogP contribution is 2.32. The van der Waals surface area contributed by atoms with Gasteiger partial charge in [0.05, 0.1) is 11.7 Å². The minimum absolute atomic E-state index is 0.149. The van der Waals surface area contributed by atoms with Gasteiger partial charge in [-0.25, -0.2) is 0 Å². The van der Waals surface area contributed by atoms with E-state index in [4.69, 9.17) is 0 Å². The van der Waals surface area contributed by atoms with E-state index < -0.39 is 0 Å². The molecule has 1 aromatic carbocycles. The molecule has 2 rings (SSSR count). The standard InChI is InChI=1S/C16H24N2/c1-15(2,3)9-11-7-13(16(4,5)6)12-10-17-18-14(12)8-11/h7-8,10H,9H2,1-6H3,(H,17,18). The van der Waals surface area contributed by atoms with Crippen LogP contribution in [0.15, 0.2) is 18.3 Å². The van der Waals surface area contributed by atoms with Gasteiger partial charge in [0.25, 0.3) is 0 Å². The lowest BCUT2D eigenvalue weighted by Crippen LogP contribution is -2.14. The van der Waals surface area contributed by atoms with Crippen molar-refractivity contribution in [1.29, 1.82) is 0 Å². The average Bonchev–Trinajstić information content (AvgIpc) is 2.59. The van der Waals surface area contributed by atoms with Gasteiger partial charge in [0.1, 0.15) is 0 Å². The van der Waals surface area contributed by atoms with Gasteiger partial charge in [0, 0.05) is 5.39 Å². The zero-order valence-electron chi connectivity index (χ0n) is 12.4. The number of aromatic amines is 1. The molecule has 0 aliphatic rings. The van der Waals surface area contributed by atoms with Gasteiger partial charge in [-0.2, -0.15) is 5.10 Å². The van der Waals surface area contributed by atoms with E-state index >= 15 is 0 Å². The Bertz CT molecular complexity index is 550. The number of rotatable bonds is 1. The molecule has 18 heavy (non-hydrogen) atoms. The third-order valence-electron chi connectivity index (χ3n) is 3.16. The van der Waals surface area contributed by atoms with E-state index in [-0.39, 0.29) is 5.41 Å². The maximum atomic E-state index is 4.19. The number of benzene rings is 1. The maximum absolute atomic E-state index is 4.19. The topological polar surface area (TPSA) is 28.7 Å². The second-order valence-corrected chi connectivity index (χ2v) is 7.46. The molecule has 0 saturated carbocycles. The van der Waals surface area contributed by atoms with E-state index in [1.54, 1.807) is 0 Å². The normalized spacial score (nSPS) is 13.2. The number of hydrogen-bond acceptors (Lipinski definition) is 1. The summed E-state index contributed by atoms with van der Waals surface area (Å²) in [7, 11) is 0. The highest BCUT2D eigenvalue weighted by Gasteiger charge is 2.20. The van der Waals surface area contributed by atoms with E-state index in [9.17, 15) is 0 Å². The van der Waals surface area contributed by atoms with Gasteiger partial charge in [0.2, 0.25) is 0 Å². The number of hydrogen-bond donors (Lipinski definition) is 1. The van der Waals surface area contributed by atoms with Crippen LogP contribution in [-0.4, -0.2) is 10.2 Å². The molecule has 0 aliphatic carbocycles. The molecule has 1 N–H and O–H groups in total. The SMILES string of the molecule is CC(C)(C)Cc1cc(C(C)(C)C)c2cn[nH]c2c1. The molecule has 2 nitrogen and oxygen atoms in total. The zero-order chi connectivity index (χ0) is 13.6. The largest absolute Gasteiger partial charge is 0.278 e. The maximum Gasteiger partial charge on any atom is 0.0656 e. The molecule has 0 atom stereocenters. The molecule has 0 saturated heterocycles. The molecule has 0 bridgehead atoms. The van der Waals surface area contributed by atoms with Crippen LogP contribution in [0.25, 0.3) is 10.9 Å². The van der Waals surface area contributed by atoms with Gasteiger partial charge in [0.15, 0.2) is 0 Å². The van der Waals surface area contributed by atoms with Crippen LogP contribution in [0.3, 0.4) is 0 Å². The van der Waals surface area contributed by atoms with Crippen LogP contribution in [-0.2, 0) is 11.8 Å². The van der Waals surface area contributed by atoms with E-state index in [0.29, 0.717) is 5.41 Å². The summed E-state index contributed by atoms with van der Waals surface area (Å²) in [6, 6.07) is 4.59. The summed E-state index contributed by atoms with van der Waals surface area (Å²) in [6.07, 6.45) is 3.03. The van der Waals surface area contributed by atoms with Gasteiger partial charge >= 0.3 is 0 Å². The molecular formula is C16H24N2. The van der Waals surface area contributed by atoms with Crippen LogP contribution in [0, 0.1) is 5.41 Å². The van der Waals surface area contributed by atoms with E-state index in [0.717, 1.165) is 11.9 Å². The van der Waals surface area contributed by atoms with Gasteiger partial charge in [-0.1, -0.05) is 47.6 Å². The molecule has 2 aromatic rings. The summed E-state index contributed by atoms with van der Waals surface area (Å²) < 4.78 is 0. The Morgan fingerprint density at radius 1 is 1.06 bits per heavy atom. The Hall–Kier alpha value is -1.31. The summed E-state index contributed by atoms with van der Waals surface area (Å²) in [5.41, 5.74) is 4.39. The smallest absolute Gasteiger partial charge is 0.0656 e. The van der Waals surface area contributed by atoms with E-state index in [1.807, 2.05) is 6.20 Å². The Morgan fingerprint density at radius 3 is 2.28 bits per heavy atom. The number of aromatic nitrogens is 2. The fraction of sp³-hybridized carbons (Fsp3) is 0.562. The molecular weight excluding hydrogens is 220 g/mol. The Kier molecular flexibility index (Phi) is 3.00. The van der Waals surface area contributed by atoms with Crippen molar-refractivity contribution in [3.8, 4) is 0 Å². The summed E-state index contributed by atoms with van der Waals surface area (Å²) >= 11 is 0. The number of H-pyrrole nitrogens is 1. The third-order valence-corrected chi connectivity index (χ3v) is 3.16. The lowest BCUT2D eigenvalue weighted by molar-refractivity contribution is 0.411. The van der Waals surface area contributed by atoms with Gasteiger partial charge in [-0.05, 0) is 34.4 Å². The Morgan fingerprint density at radius 2 is 1.72 bits per heavy atom. The van der Waals surface area contributed by atoms with Crippen LogP contribution in [0.5, 0.6) is 0 Å². The minimum atomic E-state index is 0.149. The Labute approximate surface area is 110 Å². The highest BCUT2D eigenvalue weighted by molar-refractivity contribution is 5.83. The van der Waals surface area contributed by atoms with E-state index in [1.165, 1.54) is 16.5 Å². The van der Waals surface area contributed by atoms with Gasteiger partial charge in [-0.3, -0.25) is 5.10 Å². The molecule has 1 aromatic heterocycles. The summed E-state index contributed by atoms with van der Waals surface area (Å²) in [5, 5.41) is 8.55. The molecule has 2 heteroatoms. The quantitative estimate of drug-likeness (QED) is 0.789. The minimum Gasteiger partial charge on any atom is -0.278 e. The van der Waals surface area contributed by atoms with Crippen molar-refractivity contribution in [2.45, 2.75) is 53.4 Å². The first-order valence-corrected chi connectivity index (χ1v) is 6.63. The number of nitrogens with one attached hydrogen (secondary N) is 1. The zero-order valence-corrected chi connectivity index (χ0v) is 12.4. The van der Waals surface area contributed by atoms with Crippen LogP contribution >= 0.6 is 0 Å². The van der Waals surface area contributed by atoms with Crippen molar-refractivity contribution in [1.82, 2.24) is 10.2 Å². The van der Waals surface area contributed by atoms with Crippen molar-refractivity contribution in [3.63, 3.8) is 0 Å². The lowest BCUT2D eigenvalue weighted by atomic mass is 9.81.